The van der Waals surface area contributed by atoms with Crippen LogP contribution in [0.4, 0.5) is 0 Å². The molecule has 0 heterocycles. The molecule has 0 aromatic carbocycles. The van der Waals surface area contributed by atoms with Crippen molar-refractivity contribution in [2.75, 3.05) is 0 Å². The van der Waals surface area contributed by atoms with Gasteiger partial charge >= 0.3 is 5.97 Å². The molecule has 14 heavy (non-hydrogen) atoms. The molecule has 0 bridgehead atoms. The Kier molecular flexibility index (Phi) is 4.83. The first-order valence-electron chi connectivity index (χ1n) is 4.26. The van der Waals surface area contributed by atoms with E-state index >= 15 is 0 Å². The Hall–Kier alpha value is -1.39. The molecule has 0 saturated heterocycles. The van der Waals surface area contributed by atoms with Gasteiger partial charge in [0.05, 0.1) is 12.5 Å². The number of aldehydes is 1. The molecule has 5 nitrogen and oxygen atoms in total. The quantitative estimate of drug-likeness (QED) is 0.503. The van der Waals surface area contributed by atoms with Crippen molar-refractivity contribution in [1.82, 2.24) is 5.32 Å². The summed E-state index contributed by atoms with van der Waals surface area (Å²) in [6.45, 7) is 5.19. The molecular formula is C9H15NO4. The molecule has 0 radical (unpaired) electrons. The summed E-state index contributed by atoms with van der Waals surface area (Å²) < 4.78 is 4.96. The van der Waals surface area contributed by atoms with E-state index in [4.69, 9.17) is 4.74 Å². The Bertz CT molecular complexity index is 219. The summed E-state index contributed by atoms with van der Waals surface area (Å²) in [4.78, 5) is 31.6. The number of nitrogens with one attached hydrogen (secondary N) is 1. The molecule has 0 aromatic heterocycles. The molecule has 0 fully saturated rings. The maximum absolute atomic E-state index is 11.2. The van der Waals surface area contributed by atoms with Gasteiger partial charge in [0.25, 0.3) is 0 Å². The minimum Gasteiger partial charge on any atom is -0.460 e. The topological polar surface area (TPSA) is 72.5 Å². The van der Waals surface area contributed by atoms with Gasteiger partial charge in [-0.2, -0.15) is 0 Å². The fourth-order valence-electron chi connectivity index (χ4n) is 0.796. The second-order valence-electron chi connectivity index (χ2n) is 3.82. The van der Waals surface area contributed by atoms with Crippen molar-refractivity contribution >= 4 is 18.7 Å². The first-order valence-corrected chi connectivity index (χ1v) is 4.26. The van der Waals surface area contributed by atoms with Gasteiger partial charge in [0.2, 0.25) is 6.41 Å². The van der Waals surface area contributed by atoms with Crippen molar-refractivity contribution < 1.29 is 19.1 Å². The Morgan fingerprint density at radius 1 is 1.43 bits per heavy atom. The molecular weight excluding hydrogens is 186 g/mol. The molecule has 1 unspecified atom stereocenters. The molecule has 1 atom stereocenters. The van der Waals surface area contributed by atoms with Crippen molar-refractivity contribution in [2.45, 2.75) is 38.8 Å². The molecule has 0 spiro atoms. The Labute approximate surface area is 82.8 Å². The minimum atomic E-state index is -0.803. The highest BCUT2D eigenvalue weighted by molar-refractivity contribution is 5.77. The average Bonchev–Trinajstić information content (AvgIpc) is 2.00. The lowest BCUT2D eigenvalue weighted by molar-refractivity contribution is -0.155. The van der Waals surface area contributed by atoms with Crippen LogP contribution >= 0.6 is 0 Å². The zero-order chi connectivity index (χ0) is 11.2. The van der Waals surface area contributed by atoms with E-state index in [1.165, 1.54) is 0 Å². The van der Waals surface area contributed by atoms with Crippen molar-refractivity contribution in [3.8, 4) is 0 Å². The number of amides is 1. The van der Waals surface area contributed by atoms with Crippen molar-refractivity contribution in [2.24, 2.45) is 0 Å². The highest BCUT2D eigenvalue weighted by atomic mass is 16.6. The third kappa shape index (κ3) is 6.16. The third-order valence-electron chi connectivity index (χ3n) is 1.25. The first-order chi connectivity index (χ1) is 6.39. The molecule has 0 aliphatic rings. The van der Waals surface area contributed by atoms with E-state index in [0.717, 1.165) is 0 Å². The minimum absolute atomic E-state index is 0.139. The van der Waals surface area contributed by atoms with Gasteiger partial charge < -0.3 is 14.8 Å². The van der Waals surface area contributed by atoms with Crippen LogP contribution in [0.2, 0.25) is 0 Å². The van der Waals surface area contributed by atoms with E-state index in [1.807, 2.05) is 0 Å². The number of rotatable bonds is 5. The lowest BCUT2D eigenvalue weighted by Gasteiger charge is -2.20. The van der Waals surface area contributed by atoms with Gasteiger partial charge in [-0.15, -0.1) is 0 Å². The lowest BCUT2D eigenvalue weighted by Crippen LogP contribution is -2.34. The standard InChI is InChI=1S/C9H15NO4/c1-9(2,3)14-8(13)4-7(5-11)10-6-12/h5-7H,4H2,1-3H3,(H,10,12). The normalized spacial score (nSPS) is 12.8. The van der Waals surface area contributed by atoms with Gasteiger partial charge in [0, 0.05) is 0 Å². The first kappa shape index (κ1) is 12.6. The maximum Gasteiger partial charge on any atom is 0.308 e. The third-order valence-corrected chi connectivity index (χ3v) is 1.25. The largest absolute Gasteiger partial charge is 0.460 e. The predicted molar refractivity (Wildman–Crippen MR) is 49.5 cm³/mol. The zero-order valence-electron chi connectivity index (χ0n) is 8.57. The Balaban J connectivity index is 4.03. The maximum atomic E-state index is 11.2. The summed E-state index contributed by atoms with van der Waals surface area (Å²) in [7, 11) is 0. The van der Waals surface area contributed by atoms with E-state index in [0.29, 0.717) is 12.7 Å². The molecule has 1 N–H and O–H groups in total. The van der Waals surface area contributed by atoms with E-state index in [1.54, 1.807) is 20.8 Å². The molecule has 5 heteroatoms. The van der Waals surface area contributed by atoms with Crippen molar-refractivity contribution in [1.29, 1.82) is 0 Å². The average molecular weight is 201 g/mol. The van der Waals surface area contributed by atoms with Crippen molar-refractivity contribution in [3.05, 3.63) is 0 Å². The summed E-state index contributed by atoms with van der Waals surface area (Å²) in [5, 5.41) is 2.20. The van der Waals surface area contributed by atoms with Gasteiger partial charge in [-0.25, -0.2) is 0 Å². The van der Waals surface area contributed by atoms with E-state index in [2.05, 4.69) is 5.32 Å². The summed E-state index contributed by atoms with van der Waals surface area (Å²) in [5.74, 6) is -0.510. The summed E-state index contributed by atoms with van der Waals surface area (Å²) in [6, 6.07) is -0.803. The van der Waals surface area contributed by atoms with Gasteiger partial charge in [0.1, 0.15) is 11.9 Å². The highest BCUT2D eigenvalue weighted by Gasteiger charge is 2.19. The Morgan fingerprint density at radius 3 is 2.36 bits per heavy atom. The van der Waals surface area contributed by atoms with Gasteiger partial charge in [-0.3, -0.25) is 9.59 Å². The van der Waals surface area contributed by atoms with Crippen LogP contribution in [0.3, 0.4) is 0 Å². The van der Waals surface area contributed by atoms with Crippen LogP contribution < -0.4 is 5.32 Å². The van der Waals surface area contributed by atoms with Gasteiger partial charge in [-0.1, -0.05) is 0 Å². The van der Waals surface area contributed by atoms with E-state index in [-0.39, 0.29) is 6.42 Å². The van der Waals surface area contributed by atoms with Gasteiger partial charge in [0.15, 0.2) is 0 Å². The molecule has 0 saturated carbocycles. The van der Waals surface area contributed by atoms with E-state index < -0.39 is 17.6 Å². The summed E-state index contributed by atoms with van der Waals surface area (Å²) >= 11 is 0. The number of esters is 1. The second-order valence-corrected chi connectivity index (χ2v) is 3.82. The zero-order valence-corrected chi connectivity index (χ0v) is 8.57. The summed E-state index contributed by atoms with van der Waals surface area (Å²) in [6.07, 6.45) is 0.737. The molecule has 0 aliphatic carbocycles. The summed E-state index contributed by atoms with van der Waals surface area (Å²) in [5.41, 5.74) is -0.578. The van der Waals surface area contributed by atoms with Crippen molar-refractivity contribution in [3.63, 3.8) is 0 Å². The highest BCUT2D eigenvalue weighted by Crippen LogP contribution is 2.08. The monoisotopic (exact) mass is 201 g/mol. The number of hydrogen-bond acceptors (Lipinski definition) is 4. The lowest BCUT2D eigenvalue weighted by atomic mass is 10.2. The molecule has 0 rings (SSSR count). The molecule has 0 aromatic rings. The van der Waals surface area contributed by atoms with Crippen LogP contribution in [0, 0.1) is 0 Å². The molecule has 80 valence electrons. The van der Waals surface area contributed by atoms with Crippen LogP contribution in [0.5, 0.6) is 0 Å². The van der Waals surface area contributed by atoms with Crippen LogP contribution in [-0.2, 0) is 19.1 Å². The van der Waals surface area contributed by atoms with Crippen LogP contribution in [0.15, 0.2) is 0 Å². The predicted octanol–water partition coefficient (Wildman–Crippen LogP) is 0.0317. The van der Waals surface area contributed by atoms with Crippen LogP contribution in [0.1, 0.15) is 27.2 Å². The SMILES string of the molecule is CC(C)(C)OC(=O)CC(C=O)NC=O. The van der Waals surface area contributed by atoms with Crippen LogP contribution in [0.25, 0.3) is 0 Å². The molecule has 0 aliphatic heterocycles. The second kappa shape index (κ2) is 5.36. The van der Waals surface area contributed by atoms with E-state index in [9.17, 15) is 14.4 Å². The van der Waals surface area contributed by atoms with Gasteiger partial charge in [-0.05, 0) is 20.8 Å². The molecule has 1 amide bonds. The number of carbonyl (C=O) groups is 3. The number of hydrogen-bond donors (Lipinski definition) is 1. The smallest absolute Gasteiger partial charge is 0.308 e. The fourth-order valence-corrected chi connectivity index (χ4v) is 0.796. The number of ether oxygens (including phenoxy) is 1. The number of carbonyl (C=O) groups excluding carboxylic acids is 3. The fraction of sp³-hybridized carbons (Fsp3) is 0.667. The van der Waals surface area contributed by atoms with Crippen LogP contribution in [-0.4, -0.2) is 30.3 Å². The Morgan fingerprint density at radius 2 is 2.00 bits per heavy atom.